The first-order valence-corrected chi connectivity index (χ1v) is 6.81. The topological polar surface area (TPSA) is 95.3 Å². The summed E-state index contributed by atoms with van der Waals surface area (Å²) in [5.74, 6) is 5.01. The second-order valence-corrected chi connectivity index (χ2v) is 4.66. The SMILES string of the molecule is CCN(CCC#N)Cc1c(C(=O)NN)oc2ccccc12. The number of nitriles is 1. The third-order valence-corrected chi connectivity index (χ3v) is 3.40. The maximum absolute atomic E-state index is 11.9. The van der Waals surface area contributed by atoms with Crippen LogP contribution >= 0.6 is 0 Å². The molecule has 0 saturated carbocycles. The van der Waals surface area contributed by atoms with E-state index >= 15 is 0 Å². The Bertz CT molecular complexity index is 672. The Hall–Kier alpha value is -2.36. The Kier molecular flexibility index (Phi) is 4.93. The Morgan fingerprint density at radius 2 is 2.24 bits per heavy atom. The number of hydrazine groups is 1. The van der Waals surface area contributed by atoms with E-state index in [4.69, 9.17) is 15.5 Å². The van der Waals surface area contributed by atoms with E-state index in [0.29, 0.717) is 25.1 Å². The summed E-state index contributed by atoms with van der Waals surface area (Å²) in [5.41, 5.74) is 3.57. The van der Waals surface area contributed by atoms with Crippen molar-refractivity contribution < 1.29 is 9.21 Å². The molecule has 3 N–H and O–H groups in total. The van der Waals surface area contributed by atoms with Crippen LogP contribution in [-0.4, -0.2) is 23.9 Å². The molecule has 1 heterocycles. The smallest absolute Gasteiger partial charge is 0.301 e. The van der Waals surface area contributed by atoms with Crippen molar-refractivity contribution >= 4 is 16.9 Å². The number of benzene rings is 1. The van der Waals surface area contributed by atoms with Crippen molar-refractivity contribution in [2.75, 3.05) is 13.1 Å². The minimum absolute atomic E-state index is 0.231. The average molecular weight is 286 g/mol. The van der Waals surface area contributed by atoms with E-state index in [1.54, 1.807) is 0 Å². The maximum atomic E-state index is 11.9. The summed E-state index contributed by atoms with van der Waals surface area (Å²) in [4.78, 5) is 14.0. The number of fused-ring (bicyclic) bond motifs is 1. The van der Waals surface area contributed by atoms with Crippen LogP contribution < -0.4 is 11.3 Å². The molecule has 0 saturated heterocycles. The number of nitrogens with zero attached hydrogens (tertiary/aromatic N) is 2. The molecule has 2 rings (SSSR count). The van der Waals surface area contributed by atoms with E-state index in [9.17, 15) is 4.79 Å². The second kappa shape index (κ2) is 6.88. The number of para-hydroxylation sites is 1. The molecule has 0 radical (unpaired) electrons. The van der Waals surface area contributed by atoms with Gasteiger partial charge in [0.25, 0.3) is 0 Å². The Morgan fingerprint density at radius 1 is 1.48 bits per heavy atom. The van der Waals surface area contributed by atoms with Crippen molar-refractivity contribution in [1.82, 2.24) is 10.3 Å². The van der Waals surface area contributed by atoms with Crippen molar-refractivity contribution in [2.45, 2.75) is 19.9 Å². The molecule has 1 aromatic heterocycles. The molecule has 0 fully saturated rings. The fourth-order valence-corrected chi connectivity index (χ4v) is 2.29. The van der Waals surface area contributed by atoms with Gasteiger partial charge in [0.1, 0.15) is 5.58 Å². The van der Waals surface area contributed by atoms with E-state index in [1.807, 2.05) is 31.2 Å². The second-order valence-electron chi connectivity index (χ2n) is 4.66. The number of hydrogen-bond donors (Lipinski definition) is 2. The third kappa shape index (κ3) is 3.21. The van der Waals surface area contributed by atoms with Gasteiger partial charge < -0.3 is 4.42 Å². The number of rotatable bonds is 6. The van der Waals surface area contributed by atoms with Crippen molar-refractivity contribution in [1.29, 1.82) is 5.26 Å². The van der Waals surface area contributed by atoms with Crippen LogP contribution in [0.5, 0.6) is 0 Å². The van der Waals surface area contributed by atoms with E-state index in [-0.39, 0.29) is 5.76 Å². The zero-order chi connectivity index (χ0) is 15.2. The number of amides is 1. The van der Waals surface area contributed by atoms with Gasteiger partial charge >= 0.3 is 5.91 Å². The number of furan rings is 1. The van der Waals surface area contributed by atoms with Crippen LogP contribution in [0.25, 0.3) is 11.0 Å². The monoisotopic (exact) mass is 286 g/mol. The normalized spacial score (nSPS) is 10.8. The van der Waals surface area contributed by atoms with E-state index in [2.05, 4.69) is 16.4 Å². The quantitative estimate of drug-likeness (QED) is 0.479. The molecule has 6 heteroatoms. The lowest BCUT2D eigenvalue weighted by molar-refractivity contribution is 0.0925. The van der Waals surface area contributed by atoms with E-state index in [0.717, 1.165) is 17.5 Å². The number of carbonyl (C=O) groups excluding carboxylic acids is 1. The summed E-state index contributed by atoms with van der Waals surface area (Å²) < 4.78 is 5.62. The maximum Gasteiger partial charge on any atom is 0.301 e. The summed E-state index contributed by atoms with van der Waals surface area (Å²) in [6.45, 7) is 3.99. The minimum Gasteiger partial charge on any atom is -0.451 e. The molecular weight excluding hydrogens is 268 g/mol. The molecule has 0 aliphatic rings. The zero-order valence-corrected chi connectivity index (χ0v) is 11.9. The van der Waals surface area contributed by atoms with Gasteiger partial charge in [-0.3, -0.25) is 15.1 Å². The van der Waals surface area contributed by atoms with E-state index < -0.39 is 5.91 Å². The number of nitrogen functional groups attached to an aromatic ring is 1. The molecule has 110 valence electrons. The lowest BCUT2D eigenvalue weighted by Gasteiger charge is -2.18. The summed E-state index contributed by atoms with van der Waals surface area (Å²) in [6.07, 6.45) is 0.446. The first kappa shape index (κ1) is 15.0. The van der Waals surface area contributed by atoms with E-state index in [1.165, 1.54) is 0 Å². The van der Waals surface area contributed by atoms with Gasteiger partial charge in [0, 0.05) is 30.5 Å². The molecule has 0 spiro atoms. The lowest BCUT2D eigenvalue weighted by atomic mass is 10.1. The highest BCUT2D eigenvalue weighted by atomic mass is 16.3. The van der Waals surface area contributed by atoms with Gasteiger partial charge in [-0.1, -0.05) is 25.1 Å². The van der Waals surface area contributed by atoms with Gasteiger partial charge in [-0.2, -0.15) is 5.26 Å². The number of hydrogen-bond acceptors (Lipinski definition) is 5. The van der Waals surface area contributed by atoms with Crippen molar-refractivity contribution in [3.05, 3.63) is 35.6 Å². The summed E-state index contributed by atoms with van der Waals surface area (Å²) in [5, 5.41) is 9.61. The summed E-state index contributed by atoms with van der Waals surface area (Å²) >= 11 is 0. The standard InChI is InChI=1S/C15H18N4O2/c1-2-19(9-5-8-16)10-12-11-6-3-4-7-13(11)21-14(12)15(20)18-17/h3-4,6-7H,2,5,9-10,17H2,1H3,(H,18,20). The van der Waals surface area contributed by atoms with Crippen LogP contribution in [0.3, 0.4) is 0 Å². The molecule has 21 heavy (non-hydrogen) atoms. The zero-order valence-electron chi connectivity index (χ0n) is 11.9. The Balaban J connectivity index is 2.40. The van der Waals surface area contributed by atoms with Crippen LogP contribution in [-0.2, 0) is 6.54 Å². The average Bonchev–Trinajstić information content (AvgIpc) is 2.89. The minimum atomic E-state index is -0.447. The molecule has 0 aliphatic heterocycles. The van der Waals surface area contributed by atoms with Gasteiger partial charge in [0.05, 0.1) is 6.07 Å². The fraction of sp³-hybridized carbons (Fsp3) is 0.333. The van der Waals surface area contributed by atoms with Gasteiger partial charge in [-0.15, -0.1) is 0 Å². The first-order valence-electron chi connectivity index (χ1n) is 6.81. The van der Waals surface area contributed by atoms with Crippen molar-refractivity contribution in [3.8, 4) is 6.07 Å². The summed E-state index contributed by atoms with van der Waals surface area (Å²) in [7, 11) is 0. The lowest BCUT2D eigenvalue weighted by Crippen LogP contribution is -2.31. The highest BCUT2D eigenvalue weighted by Gasteiger charge is 2.21. The molecule has 1 amide bonds. The largest absolute Gasteiger partial charge is 0.451 e. The van der Waals surface area contributed by atoms with Gasteiger partial charge in [-0.25, -0.2) is 5.84 Å². The van der Waals surface area contributed by atoms with Gasteiger partial charge in [0.2, 0.25) is 0 Å². The highest BCUT2D eigenvalue weighted by Crippen LogP contribution is 2.27. The molecule has 0 unspecified atom stereocenters. The Labute approximate surface area is 123 Å². The molecule has 6 nitrogen and oxygen atoms in total. The van der Waals surface area contributed by atoms with Crippen molar-refractivity contribution in [3.63, 3.8) is 0 Å². The van der Waals surface area contributed by atoms with Crippen LogP contribution in [0.15, 0.2) is 28.7 Å². The predicted molar refractivity (Wildman–Crippen MR) is 79.0 cm³/mol. The van der Waals surface area contributed by atoms with Crippen LogP contribution in [0.2, 0.25) is 0 Å². The van der Waals surface area contributed by atoms with Gasteiger partial charge in [-0.05, 0) is 12.6 Å². The molecule has 0 bridgehead atoms. The number of nitrogens with two attached hydrogens (primary N) is 1. The predicted octanol–water partition coefficient (Wildman–Crippen LogP) is 1.77. The number of carbonyl (C=O) groups is 1. The van der Waals surface area contributed by atoms with Crippen LogP contribution in [0, 0.1) is 11.3 Å². The van der Waals surface area contributed by atoms with Crippen LogP contribution in [0.1, 0.15) is 29.5 Å². The first-order chi connectivity index (χ1) is 10.2. The third-order valence-electron chi connectivity index (χ3n) is 3.40. The molecule has 1 aromatic carbocycles. The van der Waals surface area contributed by atoms with Gasteiger partial charge in [0.15, 0.2) is 5.76 Å². The fourth-order valence-electron chi connectivity index (χ4n) is 2.29. The molecule has 0 atom stereocenters. The molecule has 2 aromatic rings. The van der Waals surface area contributed by atoms with Crippen LogP contribution in [0.4, 0.5) is 0 Å². The molecular formula is C15H18N4O2. The Morgan fingerprint density at radius 3 is 2.90 bits per heavy atom. The highest BCUT2D eigenvalue weighted by molar-refractivity contribution is 5.98. The van der Waals surface area contributed by atoms with Crippen molar-refractivity contribution in [2.24, 2.45) is 5.84 Å². The molecule has 0 aliphatic carbocycles. The number of nitrogens with one attached hydrogen (secondary N) is 1. The summed E-state index contributed by atoms with van der Waals surface area (Å²) in [6, 6.07) is 9.62.